The second-order valence-corrected chi connectivity index (χ2v) is 6.56. The van der Waals surface area contributed by atoms with Gasteiger partial charge < -0.3 is 0 Å². The summed E-state index contributed by atoms with van der Waals surface area (Å²) < 4.78 is 2.81. The molecule has 0 bridgehead atoms. The van der Waals surface area contributed by atoms with Crippen LogP contribution < -0.4 is 5.56 Å². The lowest BCUT2D eigenvalue weighted by Gasteiger charge is -2.16. The van der Waals surface area contributed by atoms with Crippen molar-refractivity contribution in [1.29, 1.82) is 0 Å². The summed E-state index contributed by atoms with van der Waals surface area (Å²) in [4.78, 5) is 14.4. The summed E-state index contributed by atoms with van der Waals surface area (Å²) in [6.45, 7) is 1.33. The number of rotatable bonds is 4. The molecule has 1 heterocycles. The number of benzene rings is 2. The lowest BCUT2D eigenvalue weighted by atomic mass is 10.2. The van der Waals surface area contributed by atoms with Crippen LogP contribution in [0.5, 0.6) is 0 Å². The van der Waals surface area contributed by atoms with Crippen LogP contribution in [-0.2, 0) is 13.2 Å². The minimum Gasteiger partial charge on any atom is -0.284 e. The zero-order valence-corrected chi connectivity index (χ0v) is 13.2. The van der Waals surface area contributed by atoms with E-state index in [1.54, 1.807) is 3.96 Å². The molecule has 2 aromatic carbocycles. The second kappa shape index (κ2) is 6.02. The van der Waals surface area contributed by atoms with E-state index in [4.69, 9.17) is 11.6 Å². The van der Waals surface area contributed by atoms with Gasteiger partial charge in [0.05, 0.1) is 16.8 Å². The van der Waals surface area contributed by atoms with Crippen molar-refractivity contribution in [3.63, 3.8) is 0 Å². The number of halogens is 1. The molecule has 0 saturated carbocycles. The predicted octanol–water partition coefficient (Wildman–Crippen LogP) is 3.81. The minimum atomic E-state index is 0.0774. The first-order valence-corrected chi connectivity index (χ1v) is 7.80. The van der Waals surface area contributed by atoms with Crippen LogP contribution in [0.25, 0.3) is 10.1 Å². The number of aromatic nitrogens is 1. The summed E-state index contributed by atoms with van der Waals surface area (Å²) in [7, 11) is 2.00. The van der Waals surface area contributed by atoms with Crippen molar-refractivity contribution in [2.24, 2.45) is 0 Å². The second-order valence-electron chi connectivity index (χ2n) is 5.06. The number of hydrogen-bond acceptors (Lipinski definition) is 3. The minimum absolute atomic E-state index is 0.0774. The van der Waals surface area contributed by atoms with Gasteiger partial charge in [-0.3, -0.25) is 9.69 Å². The van der Waals surface area contributed by atoms with Gasteiger partial charge >= 0.3 is 0 Å². The Hall–Kier alpha value is -1.62. The molecule has 0 N–H and O–H groups in total. The Balaban J connectivity index is 1.78. The van der Waals surface area contributed by atoms with Crippen LogP contribution in [0.1, 0.15) is 5.56 Å². The maximum atomic E-state index is 12.3. The molecule has 5 heteroatoms. The van der Waals surface area contributed by atoms with Crippen molar-refractivity contribution in [3.8, 4) is 0 Å². The van der Waals surface area contributed by atoms with Crippen molar-refractivity contribution in [2.75, 3.05) is 7.05 Å². The molecule has 0 radical (unpaired) electrons. The van der Waals surface area contributed by atoms with Gasteiger partial charge in [-0.15, -0.1) is 0 Å². The van der Waals surface area contributed by atoms with Crippen LogP contribution in [0.3, 0.4) is 0 Å². The highest BCUT2D eigenvalue weighted by atomic mass is 35.5. The fraction of sp³-hybridized carbons (Fsp3) is 0.188. The Morgan fingerprint density at radius 3 is 2.76 bits per heavy atom. The Labute approximate surface area is 132 Å². The topological polar surface area (TPSA) is 25.2 Å². The summed E-state index contributed by atoms with van der Waals surface area (Å²) in [5.74, 6) is 0. The van der Waals surface area contributed by atoms with Crippen LogP contribution in [-0.4, -0.2) is 15.9 Å². The van der Waals surface area contributed by atoms with Gasteiger partial charge in [-0.2, -0.15) is 0 Å². The van der Waals surface area contributed by atoms with E-state index in [9.17, 15) is 4.79 Å². The number of fused-ring (bicyclic) bond motifs is 1. The zero-order valence-electron chi connectivity index (χ0n) is 11.6. The quantitative estimate of drug-likeness (QED) is 0.731. The Kier molecular flexibility index (Phi) is 4.10. The number of nitrogens with zero attached hydrogens (tertiary/aromatic N) is 2. The molecule has 0 spiro atoms. The summed E-state index contributed by atoms with van der Waals surface area (Å²) in [5, 5.41) is 1.53. The molecule has 0 unspecified atom stereocenters. The van der Waals surface area contributed by atoms with Crippen molar-refractivity contribution in [1.82, 2.24) is 8.86 Å². The zero-order chi connectivity index (χ0) is 14.8. The van der Waals surface area contributed by atoms with Gasteiger partial charge in [-0.1, -0.05) is 47.4 Å². The fourth-order valence-electron chi connectivity index (χ4n) is 2.33. The molecule has 0 aliphatic carbocycles. The Bertz CT molecular complexity index is 824. The third-order valence-corrected chi connectivity index (χ3v) is 4.55. The average molecular weight is 319 g/mol. The summed E-state index contributed by atoms with van der Waals surface area (Å²) >= 11 is 7.50. The van der Waals surface area contributed by atoms with Crippen LogP contribution >= 0.6 is 23.1 Å². The van der Waals surface area contributed by atoms with E-state index < -0.39 is 0 Å². The first-order chi connectivity index (χ1) is 10.1. The smallest absolute Gasteiger partial charge is 0.269 e. The maximum absolute atomic E-state index is 12.3. The Morgan fingerprint density at radius 1 is 1.19 bits per heavy atom. The SMILES string of the molecule is CN(Cc1cccc(Cl)c1)Cn1sc2ccccc2c1=O. The molecular weight excluding hydrogens is 304 g/mol. The molecule has 21 heavy (non-hydrogen) atoms. The first kappa shape index (κ1) is 14.3. The third-order valence-electron chi connectivity index (χ3n) is 3.26. The summed E-state index contributed by atoms with van der Waals surface area (Å²) in [5.41, 5.74) is 1.22. The lowest BCUT2D eigenvalue weighted by Crippen LogP contribution is -2.26. The van der Waals surface area contributed by atoms with E-state index in [0.29, 0.717) is 6.67 Å². The van der Waals surface area contributed by atoms with E-state index in [2.05, 4.69) is 4.90 Å². The molecule has 0 aliphatic heterocycles. The predicted molar refractivity (Wildman–Crippen MR) is 89.0 cm³/mol. The Morgan fingerprint density at radius 2 is 2.00 bits per heavy atom. The molecule has 3 nitrogen and oxygen atoms in total. The van der Waals surface area contributed by atoms with Gasteiger partial charge in [-0.05, 0) is 36.9 Å². The molecule has 3 aromatic rings. The van der Waals surface area contributed by atoms with Gasteiger partial charge in [0, 0.05) is 11.6 Å². The van der Waals surface area contributed by atoms with Gasteiger partial charge in [0.15, 0.2) is 0 Å². The van der Waals surface area contributed by atoms with Crippen molar-refractivity contribution in [2.45, 2.75) is 13.2 Å². The lowest BCUT2D eigenvalue weighted by molar-refractivity contribution is 0.268. The molecule has 0 fully saturated rings. The highest BCUT2D eigenvalue weighted by Crippen LogP contribution is 2.17. The van der Waals surface area contributed by atoms with E-state index >= 15 is 0 Å². The van der Waals surface area contributed by atoms with E-state index in [-0.39, 0.29) is 5.56 Å². The van der Waals surface area contributed by atoms with Crippen LogP contribution in [0.4, 0.5) is 0 Å². The standard InChI is InChI=1S/C16H15ClN2OS/c1-18(10-12-5-4-6-13(17)9-12)11-19-16(20)14-7-2-3-8-15(14)21-19/h2-9H,10-11H2,1H3. The molecule has 0 aliphatic rings. The normalized spacial score (nSPS) is 11.4. The van der Waals surface area contributed by atoms with Crippen LogP contribution in [0.15, 0.2) is 53.3 Å². The van der Waals surface area contributed by atoms with Gasteiger partial charge in [0.2, 0.25) is 0 Å². The summed E-state index contributed by atoms with van der Waals surface area (Å²) in [6.07, 6.45) is 0. The third kappa shape index (κ3) is 3.18. The molecule has 0 atom stereocenters. The molecule has 3 rings (SSSR count). The average Bonchev–Trinajstić information content (AvgIpc) is 2.76. The first-order valence-electron chi connectivity index (χ1n) is 6.65. The highest BCUT2D eigenvalue weighted by molar-refractivity contribution is 7.13. The van der Waals surface area contributed by atoms with Gasteiger partial charge in [0.25, 0.3) is 5.56 Å². The largest absolute Gasteiger partial charge is 0.284 e. The molecular formula is C16H15ClN2OS. The van der Waals surface area contributed by atoms with E-state index in [1.807, 2.05) is 55.6 Å². The van der Waals surface area contributed by atoms with Gasteiger partial charge in [-0.25, -0.2) is 3.96 Å². The van der Waals surface area contributed by atoms with E-state index in [1.165, 1.54) is 11.5 Å². The molecule has 108 valence electrons. The van der Waals surface area contributed by atoms with Crippen molar-refractivity contribution < 1.29 is 0 Å². The van der Waals surface area contributed by atoms with Gasteiger partial charge in [0.1, 0.15) is 0 Å². The summed E-state index contributed by atoms with van der Waals surface area (Å²) in [6, 6.07) is 15.5. The fourth-order valence-corrected chi connectivity index (χ4v) is 3.61. The molecule has 1 aromatic heterocycles. The van der Waals surface area contributed by atoms with Crippen LogP contribution in [0.2, 0.25) is 5.02 Å². The van der Waals surface area contributed by atoms with Crippen molar-refractivity contribution >= 4 is 33.2 Å². The monoisotopic (exact) mass is 318 g/mol. The molecule has 0 amide bonds. The molecule has 0 saturated heterocycles. The maximum Gasteiger partial charge on any atom is 0.269 e. The number of hydrogen-bond donors (Lipinski definition) is 0. The van der Waals surface area contributed by atoms with Crippen LogP contribution in [0, 0.1) is 0 Å². The van der Waals surface area contributed by atoms with E-state index in [0.717, 1.165) is 27.2 Å². The highest BCUT2D eigenvalue weighted by Gasteiger charge is 2.09. The van der Waals surface area contributed by atoms with Crippen molar-refractivity contribution in [3.05, 3.63) is 69.5 Å².